The van der Waals surface area contributed by atoms with Gasteiger partial charge < -0.3 is 14.7 Å². The number of aromatic nitrogens is 2. The molecule has 6 heteroatoms. The van der Waals surface area contributed by atoms with Crippen LogP contribution < -0.4 is 10.9 Å². The monoisotopic (exact) mass is 297 g/mol. The number of aromatic amines is 1. The Bertz CT molecular complexity index is 908. The van der Waals surface area contributed by atoms with E-state index in [2.05, 4.69) is 15.3 Å². The first-order valence-electron chi connectivity index (χ1n) is 6.88. The van der Waals surface area contributed by atoms with Gasteiger partial charge in [-0.05, 0) is 32.0 Å². The van der Waals surface area contributed by atoms with Crippen molar-refractivity contribution in [2.45, 2.75) is 20.4 Å². The zero-order valence-corrected chi connectivity index (χ0v) is 12.3. The Morgan fingerprint density at radius 2 is 2.09 bits per heavy atom. The number of para-hydroxylation sites is 1. The summed E-state index contributed by atoms with van der Waals surface area (Å²) in [4.78, 5) is 31.0. The van der Waals surface area contributed by atoms with Crippen LogP contribution in [0.1, 0.15) is 27.7 Å². The summed E-state index contributed by atoms with van der Waals surface area (Å²) in [7, 11) is 0. The Morgan fingerprint density at radius 1 is 1.32 bits per heavy atom. The van der Waals surface area contributed by atoms with Gasteiger partial charge in [0.2, 0.25) is 0 Å². The fourth-order valence-corrected chi connectivity index (χ4v) is 2.33. The summed E-state index contributed by atoms with van der Waals surface area (Å²) in [6, 6.07) is 8.86. The Kier molecular flexibility index (Phi) is 3.50. The van der Waals surface area contributed by atoms with E-state index in [1.54, 1.807) is 31.2 Å². The lowest BCUT2D eigenvalue weighted by Crippen LogP contribution is -2.25. The average molecular weight is 297 g/mol. The molecule has 0 bridgehead atoms. The lowest BCUT2D eigenvalue weighted by Gasteiger charge is -2.05. The molecule has 6 nitrogen and oxygen atoms in total. The van der Waals surface area contributed by atoms with Crippen LogP contribution in [0.25, 0.3) is 10.9 Å². The molecule has 112 valence electrons. The molecule has 0 spiro atoms. The number of H-pyrrole nitrogens is 1. The van der Waals surface area contributed by atoms with E-state index in [1.165, 1.54) is 0 Å². The van der Waals surface area contributed by atoms with Crippen LogP contribution in [0.2, 0.25) is 0 Å². The maximum absolute atomic E-state index is 12.1. The maximum atomic E-state index is 12.1. The molecule has 0 fully saturated rings. The molecule has 0 aliphatic rings. The quantitative estimate of drug-likeness (QED) is 0.774. The van der Waals surface area contributed by atoms with Gasteiger partial charge in [0.1, 0.15) is 11.6 Å². The topological polar surface area (TPSA) is 88.0 Å². The molecule has 0 saturated heterocycles. The minimum atomic E-state index is -0.332. The predicted octanol–water partition coefficient (Wildman–Crippen LogP) is 2.06. The number of fused-ring (bicyclic) bond motifs is 1. The lowest BCUT2D eigenvalue weighted by atomic mass is 10.2. The van der Waals surface area contributed by atoms with Crippen molar-refractivity contribution >= 4 is 16.8 Å². The van der Waals surface area contributed by atoms with Crippen LogP contribution in [0, 0.1) is 13.8 Å². The van der Waals surface area contributed by atoms with E-state index < -0.39 is 0 Å². The number of benzene rings is 1. The molecule has 1 amide bonds. The number of nitrogens with one attached hydrogen (secondary N) is 2. The molecule has 0 radical (unpaired) electrons. The highest BCUT2D eigenvalue weighted by Gasteiger charge is 2.14. The molecule has 0 unspecified atom stereocenters. The number of rotatable bonds is 3. The standard InChI is InChI=1S/C16H15N3O3/c1-9-7-10(2)22-14(9)16(21)17-8-13-18-12-6-4-3-5-11(12)15(20)19-13/h3-7H,8H2,1-2H3,(H,17,21)(H,18,19,20). The summed E-state index contributed by atoms with van der Waals surface area (Å²) in [6.45, 7) is 3.71. The van der Waals surface area contributed by atoms with Crippen molar-refractivity contribution in [3.63, 3.8) is 0 Å². The summed E-state index contributed by atoms with van der Waals surface area (Å²) in [6.07, 6.45) is 0. The minimum Gasteiger partial charge on any atom is -0.456 e. The summed E-state index contributed by atoms with van der Waals surface area (Å²) in [5.41, 5.74) is 1.15. The van der Waals surface area contributed by atoms with Gasteiger partial charge in [0.25, 0.3) is 11.5 Å². The van der Waals surface area contributed by atoms with E-state index in [0.717, 1.165) is 5.56 Å². The van der Waals surface area contributed by atoms with Crippen molar-refractivity contribution < 1.29 is 9.21 Å². The number of carbonyl (C=O) groups is 1. The molecule has 2 aromatic heterocycles. The van der Waals surface area contributed by atoms with Gasteiger partial charge in [0, 0.05) is 5.56 Å². The molecule has 22 heavy (non-hydrogen) atoms. The molecule has 2 N–H and O–H groups in total. The van der Waals surface area contributed by atoms with Crippen molar-refractivity contribution in [1.29, 1.82) is 0 Å². The fourth-order valence-electron chi connectivity index (χ4n) is 2.33. The normalized spacial score (nSPS) is 10.8. The second-order valence-electron chi connectivity index (χ2n) is 5.08. The second kappa shape index (κ2) is 5.48. The molecule has 2 heterocycles. The Labute approximate surface area is 126 Å². The molecular weight excluding hydrogens is 282 g/mol. The predicted molar refractivity (Wildman–Crippen MR) is 81.7 cm³/mol. The van der Waals surface area contributed by atoms with Gasteiger partial charge in [0.15, 0.2) is 5.76 Å². The van der Waals surface area contributed by atoms with E-state index in [9.17, 15) is 9.59 Å². The Balaban J connectivity index is 1.81. The highest BCUT2D eigenvalue weighted by molar-refractivity contribution is 5.92. The second-order valence-corrected chi connectivity index (χ2v) is 5.08. The SMILES string of the molecule is Cc1cc(C)c(C(=O)NCc2nc3ccccc3c(=O)[nH]2)o1. The lowest BCUT2D eigenvalue weighted by molar-refractivity contribution is 0.0920. The van der Waals surface area contributed by atoms with Crippen molar-refractivity contribution in [1.82, 2.24) is 15.3 Å². The number of amides is 1. The third kappa shape index (κ3) is 2.63. The molecular formula is C16H15N3O3. The minimum absolute atomic E-state index is 0.123. The average Bonchev–Trinajstić information content (AvgIpc) is 2.84. The van der Waals surface area contributed by atoms with Crippen molar-refractivity contribution in [3.05, 3.63) is 63.6 Å². The highest BCUT2D eigenvalue weighted by atomic mass is 16.3. The zero-order chi connectivity index (χ0) is 15.7. The molecule has 0 atom stereocenters. The Morgan fingerprint density at radius 3 is 2.82 bits per heavy atom. The molecule has 0 aliphatic heterocycles. The van der Waals surface area contributed by atoms with Gasteiger partial charge in [-0.25, -0.2) is 4.98 Å². The van der Waals surface area contributed by atoms with Gasteiger partial charge in [-0.2, -0.15) is 0 Å². The highest BCUT2D eigenvalue weighted by Crippen LogP contribution is 2.13. The van der Waals surface area contributed by atoms with Crippen LogP contribution in [0.15, 0.2) is 39.5 Å². The molecule has 3 aromatic rings. The van der Waals surface area contributed by atoms with Crippen molar-refractivity contribution in [2.75, 3.05) is 0 Å². The summed E-state index contributed by atoms with van der Waals surface area (Å²) >= 11 is 0. The summed E-state index contributed by atoms with van der Waals surface area (Å²) in [5.74, 6) is 1.03. The number of carbonyl (C=O) groups excluding carboxylic acids is 1. The van der Waals surface area contributed by atoms with E-state index in [0.29, 0.717) is 22.5 Å². The van der Waals surface area contributed by atoms with Crippen LogP contribution >= 0.6 is 0 Å². The summed E-state index contributed by atoms with van der Waals surface area (Å²) < 4.78 is 5.35. The van der Waals surface area contributed by atoms with E-state index in [4.69, 9.17) is 4.42 Å². The number of nitrogens with zero attached hydrogens (tertiary/aromatic N) is 1. The molecule has 0 aliphatic carbocycles. The van der Waals surface area contributed by atoms with Gasteiger partial charge >= 0.3 is 0 Å². The molecule has 3 rings (SSSR count). The fraction of sp³-hybridized carbons (Fsp3) is 0.188. The molecule has 0 saturated carbocycles. The van der Waals surface area contributed by atoms with Crippen LogP contribution in [0.4, 0.5) is 0 Å². The van der Waals surface area contributed by atoms with E-state index >= 15 is 0 Å². The van der Waals surface area contributed by atoms with Crippen molar-refractivity contribution in [3.8, 4) is 0 Å². The van der Waals surface area contributed by atoms with Crippen LogP contribution in [-0.2, 0) is 6.54 Å². The van der Waals surface area contributed by atoms with Crippen LogP contribution in [0.5, 0.6) is 0 Å². The van der Waals surface area contributed by atoms with Crippen LogP contribution in [-0.4, -0.2) is 15.9 Å². The molecule has 1 aromatic carbocycles. The Hall–Kier alpha value is -2.89. The van der Waals surface area contributed by atoms with Gasteiger partial charge in [-0.1, -0.05) is 12.1 Å². The number of hydrogen-bond donors (Lipinski definition) is 2. The smallest absolute Gasteiger partial charge is 0.287 e. The third-order valence-electron chi connectivity index (χ3n) is 3.33. The maximum Gasteiger partial charge on any atom is 0.287 e. The van der Waals surface area contributed by atoms with Crippen molar-refractivity contribution in [2.24, 2.45) is 0 Å². The van der Waals surface area contributed by atoms with Gasteiger partial charge in [0.05, 0.1) is 17.4 Å². The first kappa shape index (κ1) is 14.1. The van der Waals surface area contributed by atoms with Gasteiger partial charge in [-0.3, -0.25) is 9.59 Å². The number of furan rings is 1. The number of hydrogen-bond acceptors (Lipinski definition) is 4. The van der Waals surface area contributed by atoms with E-state index in [1.807, 2.05) is 13.0 Å². The summed E-state index contributed by atoms with van der Waals surface area (Å²) in [5, 5.41) is 3.22. The first-order chi connectivity index (χ1) is 10.5. The largest absolute Gasteiger partial charge is 0.456 e. The number of aryl methyl sites for hydroxylation is 2. The third-order valence-corrected chi connectivity index (χ3v) is 3.33. The van der Waals surface area contributed by atoms with Gasteiger partial charge in [-0.15, -0.1) is 0 Å². The van der Waals surface area contributed by atoms with Crippen LogP contribution in [0.3, 0.4) is 0 Å². The van der Waals surface area contributed by atoms with E-state index in [-0.39, 0.29) is 23.8 Å². The zero-order valence-electron chi connectivity index (χ0n) is 12.3. The first-order valence-corrected chi connectivity index (χ1v) is 6.88.